The van der Waals surface area contributed by atoms with Gasteiger partial charge in [0.2, 0.25) is 0 Å². The van der Waals surface area contributed by atoms with E-state index in [9.17, 15) is 13.2 Å². The van der Waals surface area contributed by atoms with Crippen LogP contribution in [0.5, 0.6) is 0 Å². The molecule has 1 saturated carbocycles. The fourth-order valence-electron chi connectivity index (χ4n) is 1.60. The van der Waals surface area contributed by atoms with Gasteiger partial charge in [0.1, 0.15) is 0 Å². The van der Waals surface area contributed by atoms with E-state index in [2.05, 4.69) is 0 Å². The highest BCUT2D eigenvalue weighted by atomic mass is 35.5. The van der Waals surface area contributed by atoms with Gasteiger partial charge in [-0.2, -0.15) is 13.2 Å². The summed E-state index contributed by atoms with van der Waals surface area (Å²) in [5.41, 5.74) is 11.0. The van der Waals surface area contributed by atoms with Gasteiger partial charge < -0.3 is 11.5 Å². The Bertz CT molecular complexity index is 400. The number of anilines is 1. The molecule has 1 aromatic rings. The highest BCUT2D eigenvalue weighted by Gasteiger charge is 2.42. The van der Waals surface area contributed by atoms with Crippen LogP contribution in [0.25, 0.3) is 0 Å². The van der Waals surface area contributed by atoms with E-state index in [4.69, 9.17) is 11.5 Å². The maximum absolute atomic E-state index is 12.3. The van der Waals surface area contributed by atoms with Crippen molar-refractivity contribution >= 4 is 18.1 Å². The first-order valence-electron chi connectivity index (χ1n) is 4.59. The zero-order chi connectivity index (χ0) is 11.3. The third-order valence-electron chi connectivity index (χ3n) is 2.70. The van der Waals surface area contributed by atoms with Crippen LogP contribution in [-0.2, 0) is 11.7 Å². The van der Waals surface area contributed by atoms with E-state index in [1.165, 1.54) is 6.07 Å². The maximum atomic E-state index is 12.3. The summed E-state index contributed by atoms with van der Waals surface area (Å²) >= 11 is 0. The second kappa shape index (κ2) is 3.82. The Morgan fingerprint density at radius 1 is 1.19 bits per heavy atom. The van der Waals surface area contributed by atoms with Crippen molar-refractivity contribution in [2.75, 3.05) is 5.73 Å². The summed E-state index contributed by atoms with van der Waals surface area (Å²) in [6.07, 6.45) is -2.79. The Hall–Kier alpha value is -0.940. The molecular formula is C10H12ClF3N2. The van der Waals surface area contributed by atoms with Crippen molar-refractivity contribution in [1.29, 1.82) is 0 Å². The van der Waals surface area contributed by atoms with Crippen molar-refractivity contribution in [2.24, 2.45) is 5.73 Å². The van der Waals surface area contributed by atoms with Crippen molar-refractivity contribution in [3.05, 3.63) is 29.3 Å². The van der Waals surface area contributed by atoms with Gasteiger partial charge in [0, 0.05) is 11.2 Å². The zero-order valence-electron chi connectivity index (χ0n) is 8.34. The molecule has 0 amide bonds. The van der Waals surface area contributed by atoms with Crippen LogP contribution >= 0.6 is 12.4 Å². The average molecular weight is 253 g/mol. The molecule has 0 unspecified atom stereocenters. The van der Waals surface area contributed by atoms with Gasteiger partial charge in [-0.25, -0.2) is 0 Å². The van der Waals surface area contributed by atoms with Crippen LogP contribution in [0.4, 0.5) is 18.9 Å². The molecule has 2 nitrogen and oxygen atoms in total. The van der Waals surface area contributed by atoms with Crippen LogP contribution in [0, 0.1) is 0 Å². The fraction of sp³-hybridized carbons (Fsp3) is 0.400. The molecule has 0 bridgehead atoms. The van der Waals surface area contributed by atoms with Crippen LogP contribution in [0.15, 0.2) is 18.2 Å². The molecular weight excluding hydrogens is 241 g/mol. The topological polar surface area (TPSA) is 52.0 Å². The van der Waals surface area contributed by atoms with E-state index in [1.54, 1.807) is 0 Å². The number of rotatable bonds is 1. The van der Waals surface area contributed by atoms with Crippen LogP contribution in [0.2, 0.25) is 0 Å². The van der Waals surface area contributed by atoms with Gasteiger partial charge in [0.05, 0.1) is 5.56 Å². The van der Waals surface area contributed by atoms with Crippen molar-refractivity contribution in [2.45, 2.75) is 24.6 Å². The molecule has 6 heteroatoms. The standard InChI is InChI=1S/C10H11F3N2.ClH/c11-10(12,13)6-1-2-7(8(14)5-6)9(15)3-4-9;/h1-2,5H,3-4,14-15H2;1H. The van der Waals surface area contributed by atoms with E-state index >= 15 is 0 Å². The van der Waals surface area contributed by atoms with E-state index in [0.29, 0.717) is 5.56 Å². The van der Waals surface area contributed by atoms with Crippen LogP contribution in [-0.4, -0.2) is 0 Å². The number of nitrogens with two attached hydrogens (primary N) is 2. The molecule has 0 spiro atoms. The molecule has 2 rings (SSSR count). The van der Waals surface area contributed by atoms with Crippen molar-refractivity contribution in [1.82, 2.24) is 0 Å². The van der Waals surface area contributed by atoms with Crippen LogP contribution in [0.1, 0.15) is 24.0 Å². The van der Waals surface area contributed by atoms with Crippen LogP contribution in [0.3, 0.4) is 0 Å². The number of nitrogen functional groups attached to an aromatic ring is 1. The maximum Gasteiger partial charge on any atom is 0.416 e. The SMILES string of the molecule is Cl.Nc1cc(C(F)(F)F)ccc1C1(N)CC1. The minimum absolute atomic E-state index is 0. The fourth-order valence-corrected chi connectivity index (χ4v) is 1.60. The lowest BCUT2D eigenvalue weighted by Gasteiger charge is -2.14. The monoisotopic (exact) mass is 252 g/mol. The third-order valence-corrected chi connectivity index (χ3v) is 2.70. The summed E-state index contributed by atoms with van der Waals surface area (Å²) in [4.78, 5) is 0. The second-order valence-corrected chi connectivity index (χ2v) is 3.96. The molecule has 0 aromatic heterocycles. The largest absolute Gasteiger partial charge is 0.416 e. The lowest BCUT2D eigenvalue weighted by Crippen LogP contribution is -2.21. The average Bonchev–Trinajstić information content (AvgIpc) is 2.82. The van der Waals surface area contributed by atoms with E-state index in [-0.39, 0.29) is 18.1 Å². The number of hydrogen-bond donors (Lipinski definition) is 2. The molecule has 90 valence electrons. The molecule has 0 atom stereocenters. The van der Waals surface area contributed by atoms with E-state index in [0.717, 1.165) is 25.0 Å². The molecule has 0 heterocycles. The van der Waals surface area contributed by atoms with E-state index < -0.39 is 17.3 Å². The summed E-state index contributed by atoms with van der Waals surface area (Å²) in [7, 11) is 0. The minimum Gasteiger partial charge on any atom is -0.398 e. The summed E-state index contributed by atoms with van der Waals surface area (Å²) in [5, 5.41) is 0. The smallest absolute Gasteiger partial charge is 0.398 e. The Balaban J connectivity index is 0.00000128. The Labute approximate surface area is 97.2 Å². The number of alkyl halides is 3. The summed E-state index contributed by atoms with van der Waals surface area (Å²) in [6, 6.07) is 3.35. The Morgan fingerprint density at radius 3 is 2.12 bits per heavy atom. The van der Waals surface area contributed by atoms with Crippen molar-refractivity contribution in [3.8, 4) is 0 Å². The molecule has 1 fully saturated rings. The summed E-state index contributed by atoms with van der Waals surface area (Å²) < 4.78 is 37.0. The molecule has 4 N–H and O–H groups in total. The van der Waals surface area contributed by atoms with Crippen LogP contribution < -0.4 is 11.5 Å². The predicted molar refractivity (Wildman–Crippen MR) is 58.2 cm³/mol. The summed E-state index contributed by atoms with van der Waals surface area (Å²) in [6.45, 7) is 0. The Kier molecular flexibility index (Phi) is 3.13. The lowest BCUT2D eigenvalue weighted by molar-refractivity contribution is -0.137. The van der Waals surface area contributed by atoms with Gasteiger partial charge in [0.15, 0.2) is 0 Å². The minimum atomic E-state index is -4.35. The Morgan fingerprint density at radius 2 is 1.75 bits per heavy atom. The summed E-state index contributed by atoms with van der Waals surface area (Å²) in [5.74, 6) is 0. The first-order valence-corrected chi connectivity index (χ1v) is 4.59. The molecule has 1 aliphatic carbocycles. The first-order chi connectivity index (χ1) is 6.83. The normalized spacial score (nSPS) is 17.8. The van der Waals surface area contributed by atoms with Gasteiger partial charge in [-0.15, -0.1) is 12.4 Å². The van der Waals surface area contributed by atoms with Gasteiger partial charge >= 0.3 is 6.18 Å². The third kappa shape index (κ3) is 2.25. The van der Waals surface area contributed by atoms with Crippen molar-refractivity contribution in [3.63, 3.8) is 0 Å². The van der Waals surface area contributed by atoms with Crippen molar-refractivity contribution < 1.29 is 13.2 Å². The van der Waals surface area contributed by atoms with Gasteiger partial charge in [-0.1, -0.05) is 6.07 Å². The molecule has 16 heavy (non-hydrogen) atoms. The lowest BCUT2D eigenvalue weighted by atomic mass is 10.0. The van der Waals surface area contributed by atoms with Gasteiger partial charge in [-0.3, -0.25) is 0 Å². The van der Waals surface area contributed by atoms with E-state index in [1.807, 2.05) is 0 Å². The predicted octanol–water partition coefficient (Wildman–Crippen LogP) is 2.66. The number of halogens is 4. The highest BCUT2D eigenvalue weighted by Crippen LogP contribution is 2.45. The number of benzene rings is 1. The molecule has 1 aliphatic rings. The van der Waals surface area contributed by atoms with Gasteiger partial charge in [-0.05, 0) is 30.5 Å². The van der Waals surface area contributed by atoms with Gasteiger partial charge in [0.25, 0.3) is 0 Å². The molecule has 0 aliphatic heterocycles. The first kappa shape index (κ1) is 13.1. The molecule has 0 saturated heterocycles. The molecule has 0 radical (unpaired) electrons. The number of hydrogen-bond acceptors (Lipinski definition) is 2. The quantitative estimate of drug-likeness (QED) is 0.755. The highest BCUT2D eigenvalue weighted by molar-refractivity contribution is 5.85. The molecule has 1 aromatic carbocycles. The zero-order valence-corrected chi connectivity index (χ0v) is 9.16. The second-order valence-electron chi connectivity index (χ2n) is 3.96.